The van der Waals surface area contributed by atoms with Gasteiger partial charge in [0.05, 0.1) is 31.4 Å². The first-order valence-corrected chi connectivity index (χ1v) is 8.54. The van der Waals surface area contributed by atoms with Crippen LogP contribution in [0.15, 0.2) is 24.3 Å². The molecular formula is C18H26N2O4. The minimum Gasteiger partial charge on any atom is -0.492 e. The first-order chi connectivity index (χ1) is 11.6. The molecular weight excluding hydrogens is 308 g/mol. The molecule has 1 N–H and O–H groups in total. The van der Waals surface area contributed by atoms with Gasteiger partial charge in [-0.15, -0.1) is 0 Å². The van der Waals surface area contributed by atoms with E-state index in [0.29, 0.717) is 31.2 Å². The first-order valence-electron chi connectivity index (χ1n) is 8.54. The molecule has 2 rings (SSSR count). The number of carbonyl (C=O) groups excluding carboxylic acids is 2. The number of benzene rings is 1. The summed E-state index contributed by atoms with van der Waals surface area (Å²) >= 11 is 0. The van der Waals surface area contributed by atoms with Gasteiger partial charge in [-0.1, -0.05) is 12.1 Å². The molecule has 1 aromatic rings. The zero-order valence-corrected chi connectivity index (χ0v) is 14.4. The molecule has 1 fully saturated rings. The number of hydrogen-bond acceptors (Lipinski definition) is 5. The zero-order valence-electron chi connectivity index (χ0n) is 14.4. The predicted molar refractivity (Wildman–Crippen MR) is 92.0 cm³/mol. The highest BCUT2D eigenvalue weighted by Gasteiger charge is 2.27. The molecule has 132 valence electrons. The van der Waals surface area contributed by atoms with Crippen LogP contribution in [0, 0.1) is 5.92 Å². The SMILES string of the molecule is CCOC(=O)[C@@H]1CCCN(CC(=O)Nc2ccccc2OCC)C1. The average molecular weight is 334 g/mol. The molecule has 1 amide bonds. The number of nitrogens with one attached hydrogen (secondary N) is 1. The summed E-state index contributed by atoms with van der Waals surface area (Å²) in [6.45, 7) is 6.29. The third-order valence-corrected chi connectivity index (χ3v) is 3.95. The number of hydrogen-bond donors (Lipinski definition) is 1. The summed E-state index contributed by atoms with van der Waals surface area (Å²) in [5.74, 6) is 0.259. The maximum Gasteiger partial charge on any atom is 0.310 e. The molecule has 1 atom stereocenters. The molecule has 0 aliphatic carbocycles. The third kappa shape index (κ3) is 5.23. The summed E-state index contributed by atoms with van der Waals surface area (Å²) in [6.07, 6.45) is 1.72. The fourth-order valence-electron chi connectivity index (χ4n) is 2.90. The topological polar surface area (TPSA) is 67.9 Å². The number of nitrogens with zero attached hydrogens (tertiary/aromatic N) is 1. The maximum absolute atomic E-state index is 12.3. The number of piperidine rings is 1. The van der Waals surface area contributed by atoms with E-state index >= 15 is 0 Å². The number of ether oxygens (including phenoxy) is 2. The first kappa shape index (κ1) is 18.3. The Morgan fingerprint density at radius 2 is 2.04 bits per heavy atom. The Bertz CT molecular complexity index is 562. The van der Waals surface area contributed by atoms with Crippen LogP contribution < -0.4 is 10.1 Å². The lowest BCUT2D eigenvalue weighted by atomic mass is 9.98. The van der Waals surface area contributed by atoms with E-state index in [-0.39, 0.29) is 24.3 Å². The minimum absolute atomic E-state index is 0.105. The minimum atomic E-state index is -0.163. The van der Waals surface area contributed by atoms with Crippen molar-refractivity contribution in [3.8, 4) is 5.75 Å². The predicted octanol–water partition coefficient (Wildman–Crippen LogP) is 2.30. The number of para-hydroxylation sites is 2. The number of amides is 1. The van der Waals surface area contributed by atoms with Gasteiger partial charge in [0.25, 0.3) is 0 Å². The van der Waals surface area contributed by atoms with Gasteiger partial charge in [-0.05, 0) is 45.4 Å². The van der Waals surface area contributed by atoms with Crippen molar-refractivity contribution in [1.82, 2.24) is 4.90 Å². The van der Waals surface area contributed by atoms with Crippen LogP contribution in [0.1, 0.15) is 26.7 Å². The maximum atomic E-state index is 12.3. The van der Waals surface area contributed by atoms with Gasteiger partial charge >= 0.3 is 5.97 Å². The van der Waals surface area contributed by atoms with E-state index in [9.17, 15) is 9.59 Å². The molecule has 24 heavy (non-hydrogen) atoms. The molecule has 1 aliphatic heterocycles. The fraction of sp³-hybridized carbons (Fsp3) is 0.556. The number of esters is 1. The van der Waals surface area contributed by atoms with E-state index in [4.69, 9.17) is 9.47 Å². The quantitative estimate of drug-likeness (QED) is 0.775. The highest BCUT2D eigenvalue weighted by atomic mass is 16.5. The van der Waals surface area contributed by atoms with E-state index in [1.165, 1.54) is 0 Å². The largest absolute Gasteiger partial charge is 0.492 e. The van der Waals surface area contributed by atoms with Crippen molar-refractivity contribution >= 4 is 17.6 Å². The zero-order chi connectivity index (χ0) is 17.4. The van der Waals surface area contributed by atoms with E-state index in [2.05, 4.69) is 5.32 Å². The van der Waals surface area contributed by atoms with Crippen molar-refractivity contribution in [3.63, 3.8) is 0 Å². The molecule has 0 saturated carbocycles. The molecule has 1 aliphatic rings. The number of anilines is 1. The lowest BCUT2D eigenvalue weighted by molar-refractivity contribution is -0.150. The third-order valence-electron chi connectivity index (χ3n) is 3.95. The monoisotopic (exact) mass is 334 g/mol. The Labute approximate surface area is 143 Å². The summed E-state index contributed by atoms with van der Waals surface area (Å²) in [7, 11) is 0. The molecule has 0 bridgehead atoms. The highest BCUT2D eigenvalue weighted by molar-refractivity contribution is 5.93. The van der Waals surface area contributed by atoms with Gasteiger partial charge in [-0.2, -0.15) is 0 Å². The second-order valence-corrected chi connectivity index (χ2v) is 5.80. The average Bonchev–Trinajstić information content (AvgIpc) is 2.57. The molecule has 6 heteroatoms. The molecule has 0 unspecified atom stereocenters. The molecule has 0 spiro atoms. The van der Waals surface area contributed by atoms with Gasteiger partial charge in [0.2, 0.25) is 5.91 Å². The Balaban J connectivity index is 1.89. The van der Waals surface area contributed by atoms with Crippen molar-refractivity contribution in [2.45, 2.75) is 26.7 Å². The van der Waals surface area contributed by atoms with Gasteiger partial charge in [0.15, 0.2) is 0 Å². The Morgan fingerprint density at radius 3 is 2.79 bits per heavy atom. The lowest BCUT2D eigenvalue weighted by Gasteiger charge is -2.30. The summed E-state index contributed by atoms with van der Waals surface area (Å²) in [5.41, 5.74) is 0.670. The number of carbonyl (C=O) groups is 2. The van der Waals surface area contributed by atoms with E-state index in [1.54, 1.807) is 0 Å². The van der Waals surface area contributed by atoms with Crippen LogP contribution >= 0.6 is 0 Å². The molecule has 1 heterocycles. The smallest absolute Gasteiger partial charge is 0.310 e. The number of likely N-dealkylation sites (tertiary alicyclic amines) is 1. The fourth-order valence-corrected chi connectivity index (χ4v) is 2.90. The van der Waals surface area contributed by atoms with Crippen LogP contribution in [0.3, 0.4) is 0 Å². The molecule has 0 aromatic heterocycles. The second kappa shape index (κ2) is 9.27. The summed E-state index contributed by atoms with van der Waals surface area (Å²) in [6, 6.07) is 7.38. The van der Waals surface area contributed by atoms with Crippen molar-refractivity contribution in [3.05, 3.63) is 24.3 Å². The Morgan fingerprint density at radius 1 is 1.25 bits per heavy atom. The van der Waals surface area contributed by atoms with Crippen LogP contribution in [0.4, 0.5) is 5.69 Å². The van der Waals surface area contributed by atoms with Gasteiger partial charge < -0.3 is 14.8 Å². The highest BCUT2D eigenvalue weighted by Crippen LogP contribution is 2.24. The molecule has 0 radical (unpaired) electrons. The van der Waals surface area contributed by atoms with Crippen LogP contribution in [0.25, 0.3) is 0 Å². The standard InChI is InChI=1S/C18H26N2O4/c1-3-23-16-10-6-5-9-15(16)19-17(21)13-20-11-7-8-14(12-20)18(22)24-4-2/h5-6,9-10,14H,3-4,7-8,11-13H2,1-2H3,(H,19,21)/t14-/m1/s1. The van der Waals surface area contributed by atoms with Gasteiger partial charge in [-0.3, -0.25) is 14.5 Å². The van der Waals surface area contributed by atoms with Gasteiger partial charge in [0, 0.05) is 6.54 Å². The summed E-state index contributed by atoms with van der Waals surface area (Å²) in [4.78, 5) is 26.2. The van der Waals surface area contributed by atoms with Crippen molar-refractivity contribution in [2.24, 2.45) is 5.92 Å². The van der Waals surface area contributed by atoms with Crippen LogP contribution in [-0.2, 0) is 14.3 Å². The summed E-state index contributed by atoms with van der Waals surface area (Å²) in [5, 5.41) is 2.89. The van der Waals surface area contributed by atoms with Crippen LogP contribution in [-0.4, -0.2) is 49.6 Å². The number of rotatable bonds is 7. The molecule has 1 saturated heterocycles. The Kier molecular flexibility index (Phi) is 7.06. The van der Waals surface area contributed by atoms with Crippen molar-refractivity contribution < 1.29 is 19.1 Å². The Hall–Kier alpha value is -2.08. The van der Waals surface area contributed by atoms with Crippen molar-refractivity contribution in [1.29, 1.82) is 0 Å². The summed E-state index contributed by atoms with van der Waals surface area (Å²) < 4.78 is 10.6. The van der Waals surface area contributed by atoms with Gasteiger partial charge in [-0.25, -0.2) is 0 Å². The van der Waals surface area contributed by atoms with Crippen LogP contribution in [0.5, 0.6) is 5.75 Å². The van der Waals surface area contributed by atoms with E-state index < -0.39 is 0 Å². The molecule has 6 nitrogen and oxygen atoms in total. The van der Waals surface area contributed by atoms with Gasteiger partial charge in [0.1, 0.15) is 5.75 Å². The molecule has 1 aromatic carbocycles. The van der Waals surface area contributed by atoms with E-state index in [0.717, 1.165) is 19.4 Å². The second-order valence-electron chi connectivity index (χ2n) is 5.80. The van der Waals surface area contributed by atoms with Crippen molar-refractivity contribution in [2.75, 3.05) is 38.2 Å². The van der Waals surface area contributed by atoms with E-state index in [1.807, 2.05) is 43.0 Å². The normalized spacial score (nSPS) is 18.0. The lowest BCUT2D eigenvalue weighted by Crippen LogP contribution is -2.43. The van der Waals surface area contributed by atoms with Crippen LogP contribution in [0.2, 0.25) is 0 Å².